The Bertz CT molecular complexity index is 331. The van der Waals surface area contributed by atoms with Crippen molar-refractivity contribution in [3.63, 3.8) is 0 Å². The summed E-state index contributed by atoms with van der Waals surface area (Å²) in [6.07, 6.45) is 3.30. The molecule has 0 radical (unpaired) electrons. The minimum atomic E-state index is -0.605. The number of methoxy groups -OCH3 is 1. The molecule has 0 aromatic heterocycles. The second kappa shape index (κ2) is 8.21. The largest absolute Gasteiger partial charge is 0.469 e. The van der Waals surface area contributed by atoms with E-state index in [-0.39, 0.29) is 11.9 Å². The Morgan fingerprint density at radius 3 is 2.80 bits per heavy atom. The maximum absolute atomic E-state index is 11.8. The van der Waals surface area contributed by atoms with Crippen molar-refractivity contribution in [1.82, 2.24) is 10.2 Å². The summed E-state index contributed by atoms with van der Waals surface area (Å²) in [6.45, 7) is 4.27. The number of carbonyl (C=O) groups is 2. The Morgan fingerprint density at radius 2 is 2.10 bits per heavy atom. The van der Waals surface area contributed by atoms with E-state index in [4.69, 9.17) is 0 Å². The number of carbonyl (C=O) groups excluding carboxylic acids is 2. The highest BCUT2D eigenvalue weighted by Gasteiger charge is 2.25. The molecule has 1 heterocycles. The van der Waals surface area contributed by atoms with Crippen LogP contribution in [0.2, 0.25) is 0 Å². The van der Waals surface area contributed by atoms with Crippen molar-refractivity contribution in [1.29, 1.82) is 0 Å². The maximum atomic E-state index is 11.8. The fourth-order valence-electron chi connectivity index (χ4n) is 2.30. The van der Waals surface area contributed by atoms with Crippen LogP contribution in [0.1, 0.15) is 39.0 Å². The summed E-state index contributed by atoms with van der Waals surface area (Å²) in [5.41, 5.74) is -0.605. The molecule has 1 aliphatic rings. The van der Waals surface area contributed by atoms with Crippen LogP contribution in [0, 0.1) is 0 Å². The molecule has 0 aliphatic carbocycles. The van der Waals surface area contributed by atoms with Gasteiger partial charge in [0, 0.05) is 19.5 Å². The second-order valence-electron chi connectivity index (χ2n) is 5.66. The topological polar surface area (TPSA) is 78.9 Å². The van der Waals surface area contributed by atoms with E-state index in [1.165, 1.54) is 7.11 Å². The van der Waals surface area contributed by atoms with Gasteiger partial charge in [-0.25, -0.2) is 0 Å². The number of likely N-dealkylation sites (tertiary alicyclic amines) is 1. The molecule has 20 heavy (non-hydrogen) atoms. The van der Waals surface area contributed by atoms with Gasteiger partial charge in [0.25, 0.3) is 0 Å². The van der Waals surface area contributed by atoms with Crippen molar-refractivity contribution < 1.29 is 19.4 Å². The van der Waals surface area contributed by atoms with Gasteiger partial charge < -0.3 is 15.2 Å². The number of nitrogens with one attached hydrogen (secondary N) is 1. The minimum absolute atomic E-state index is 0.0311. The zero-order valence-corrected chi connectivity index (χ0v) is 12.5. The van der Waals surface area contributed by atoms with Gasteiger partial charge in [-0.2, -0.15) is 0 Å². The lowest BCUT2D eigenvalue weighted by Gasteiger charge is -2.22. The van der Waals surface area contributed by atoms with Crippen LogP contribution in [0.5, 0.6) is 0 Å². The number of hydrogen-bond donors (Lipinski definition) is 2. The summed E-state index contributed by atoms with van der Waals surface area (Å²) in [6, 6.07) is 0. The van der Waals surface area contributed by atoms with Crippen molar-refractivity contribution in [3.8, 4) is 0 Å². The van der Waals surface area contributed by atoms with Crippen molar-refractivity contribution in [2.45, 2.75) is 44.6 Å². The Hall–Kier alpha value is -1.14. The van der Waals surface area contributed by atoms with Crippen LogP contribution in [0.25, 0.3) is 0 Å². The summed E-state index contributed by atoms with van der Waals surface area (Å²) in [5.74, 6) is -0.287. The molecule has 1 unspecified atom stereocenters. The SMILES string of the molecule is COC(=O)CCCNC(=O)CN1CCCC(C)(O)CC1. The Morgan fingerprint density at radius 1 is 1.35 bits per heavy atom. The highest BCUT2D eigenvalue weighted by Crippen LogP contribution is 2.20. The van der Waals surface area contributed by atoms with Crippen molar-refractivity contribution in [2.24, 2.45) is 0 Å². The summed E-state index contributed by atoms with van der Waals surface area (Å²) in [4.78, 5) is 24.7. The van der Waals surface area contributed by atoms with Crippen LogP contribution < -0.4 is 5.32 Å². The molecule has 0 saturated carbocycles. The summed E-state index contributed by atoms with van der Waals surface area (Å²) < 4.78 is 4.53. The lowest BCUT2D eigenvalue weighted by Crippen LogP contribution is -2.38. The first kappa shape index (κ1) is 16.9. The molecule has 0 bridgehead atoms. The zero-order chi connectivity index (χ0) is 15.0. The molecule has 1 aliphatic heterocycles. The van der Waals surface area contributed by atoms with E-state index < -0.39 is 5.60 Å². The number of hydrogen-bond acceptors (Lipinski definition) is 5. The van der Waals surface area contributed by atoms with Crippen molar-refractivity contribution >= 4 is 11.9 Å². The number of esters is 1. The summed E-state index contributed by atoms with van der Waals surface area (Å²) in [5, 5.41) is 12.8. The van der Waals surface area contributed by atoms with Crippen LogP contribution in [0.4, 0.5) is 0 Å². The first-order valence-corrected chi connectivity index (χ1v) is 7.21. The molecule has 1 rings (SSSR count). The van der Waals surface area contributed by atoms with E-state index in [1.54, 1.807) is 0 Å². The molecular weight excluding hydrogens is 260 g/mol. The molecule has 0 aromatic carbocycles. The quantitative estimate of drug-likeness (QED) is 0.542. The molecule has 116 valence electrons. The van der Waals surface area contributed by atoms with Crippen LogP contribution in [-0.4, -0.2) is 60.8 Å². The molecule has 2 N–H and O–H groups in total. The molecular formula is C14H26N2O4. The van der Waals surface area contributed by atoms with E-state index in [9.17, 15) is 14.7 Å². The van der Waals surface area contributed by atoms with E-state index in [0.717, 1.165) is 25.9 Å². The monoisotopic (exact) mass is 286 g/mol. The average molecular weight is 286 g/mol. The Balaban J connectivity index is 2.17. The van der Waals surface area contributed by atoms with Crippen LogP contribution in [0.3, 0.4) is 0 Å². The fourth-order valence-corrected chi connectivity index (χ4v) is 2.30. The van der Waals surface area contributed by atoms with Gasteiger partial charge in [-0.3, -0.25) is 14.5 Å². The molecule has 1 amide bonds. The predicted molar refractivity (Wildman–Crippen MR) is 75.2 cm³/mol. The normalized spacial score (nSPS) is 23.9. The van der Waals surface area contributed by atoms with Gasteiger partial charge in [-0.05, 0) is 39.2 Å². The lowest BCUT2D eigenvalue weighted by molar-refractivity contribution is -0.140. The van der Waals surface area contributed by atoms with Gasteiger partial charge in [0.15, 0.2) is 0 Å². The minimum Gasteiger partial charge on any atom is -0.469 e. The predicted octanol–water partition coefficient (Wildman–Crippen LogP) is 0.293. The fraction of sp³-hybridized carbons (Fsp3) is 0.857. The Labute approximate surface area is 120 Å². The lowest BCUT2D eigenvalue weighted by atomic mass is 9.98. The molecule has 1 saturated heterocycles. The maximum Gasteiger partial charge on any atom is 0.305 e. The molecule has 1 fully saturated rings. The van der Waals surface area contributed by atoms with Crippen molar-refractivity contribution in [3.05, 3.63) is 0 Å². The first-order valence-electron chi connectivity index (χ1n) is 7.21. The van der Waals surface area contributed by atoms with Crippen LogP contribution in [0.15, 0.2) is 0 Å². The summed E-state index contributed by atoms with van der Waals surface area (Å²) >= 11 is 0. The number of amides is 1. The van der Waals surface area contributed by atoms with E-state index in [0.29, 0.717) is 32.4 Å². The highest BCUT2D eigenvalue weighted by molar-refractivity contribution is 5.78. The molecule has 0 aromatic rings. The number of aliphatic hydroxyl groups is 1. The first-order chi connectivity index (χ1) is 9.43. The average Bonchev–Trinajstić information content (AvgIpc) is 2.56. The van der Waals surface area contributed by atoms with Crippen LogP contribution >= 0.6 is 0 Å². The third-order valence-corrected chi connectivity index (χ3v) is 3.63. The van der Waals surface area contributed by atoms with Gasteiger partial charge in [0.05, 0.1) is 19.3 Å². The van der Waals surface area contributed by atoms with Gasteiger partial charge in [0.2, 0.25) is 5.91 Å². The number of nitrogens with zero attached hydrogens (tertiary/aromatic N) is 1. The van der Waals surface area contributed by atoms with E-state index >= 15 is 0 Å². The zero-order valence-electron chi connectivity index (χ0n) is 12.5. The van der Waals surface area contributed by atoms with Gasteiger partial charge in [0.1, 0.15) is 0 Å². The van der Waals surface area contributed by atoms with Crippen LogP contribution in [-0.2, 0) is 14.3 Å². The standard InChI is InChI=1S/C14H26N2O4/c1-14(19)6-4-9-16(10-7-14)11-12(17)15-8-3-5-13(18)20-2/h19H,3-11H2,1-2H3,(H,15,17). The van der Waals surface area contributed by atoms with E-state index in [1.807, 2.05) is 6.92 Å². The molecule has 1 atom stereocenters. The molecule has 6 heteroatoms. The summed E-state index contributed by atoms with van der Waals surface area (Å²) in [7, 11) is 1.36. The van der Waals surface area contributed by atoms with Gasteiger partial charge in [-0.1, -0.05) is 0 Å². The number of ether oxygens (including phenoxy) is 1. The third kappa shape index (κ3) is 6.86. The third-order valence-electron chi connectivity index (χ3n) is 3.63. The smallest absolute Gasteiger partial charge is 0.305 e. The molecule has 6 nitrogen and oxygen atoms in total. The molecule has 0 spiro atoms. The van der Waals surface area contributed by atoms with Gasteiger partial charge >= 0.3 is 5.97 Å². The second-order valence-corrected chi connectivity index (χ2v) is 5.66. The highest BCUT2D eigenvalue weighted by atomic mass is 16.5. The number of rotatable bonds is 6. The van der Waals surface area contributed by atoms with Crippen molar-refractivity contribution in [2.75, 3.05) is 33.3 Å². The van der Waals surface area contributed by atoms with E-state index in [2.05, 4.69) is 15.0 Å². The Kier molecular flexibility index (Phi) is 6.95. The van der Waals surface area contributed by atoms with Gasteiger partial charge in [-0.15, -0.1) is 0 Å².